The second-order valence-electron chi connectivity index (χ2n) is 4.94. The van der Waals surface area contributed by atoms with Gasteiger partial charge >= 0.3 is 0 Å². The van der Waals surface area contributed by atoms with Gasteiger partial charge in [-0.3, -0.25) is 0 Å². The van der Waals surface area contributed by atoms with Crippen LogP contribution in [0.15, 0.2) is 0 Å². The van der Waals surface area contributed by atoms with Crippen molar-refractivity contribution >= 4 is 0 Å². The van der Waals surface area contributed by atoms with Crippen molar-refractivity contribution < 1.29 is 4.74 Å². The fourth-order valence-electron chi connectivity index (χ4n) is 1.93. The summed E-state index contributed by atoms with van der Waals surface area (Å²) < 4.78 is 5.80. The van der Waals surface area contributed by atoms with Crippen LogP contribution in [0.1, 0.15) is 85.0 Å². The second kappa shape index (κ2) is 13.0. The van der Waals surface area contributed by atoms with Gasteiger partial charge < -0.3 is 4.74 Å². The van der Waals surface area contributed by atoms with Gasteiger partial charge in [-0.2, -0.15) is 0 Å². The highest BCUT2D eigenvalue weighted by atomic mass is 16.5. The molecule has 0 saturated heterocycles. The van der Waals surface area contributed by atoms with Crippen LogP contribution in [-0.4, -0.2) is 12.7 Å². The van der Waals surface area contributed by atoms with Crippen molar-refractivity contribution in [1.82, 2.24) is 0 Å². The largest absolute Gasteiger partial charge is 0.379 e. The van der Waals surface area contributed by atoms with Gasteiger partial charge in [-0.05, 0) is 19.8 Å². The topological polar surface area (TPSA) is 9.23 Å². The van der Waals surface area contributed by atoms with Crippen molar-refractivity contribution in [2.45, 2.75) is 91.1 Å². The highest BCUT2D eigenvalue weighted by Crippen LogP contribution is 2.09. The molecular formula is C15H32O. The first-order chi connectivity index (χ1) is 7.81. The molecule has 0 bridgehead atoms. The maximum absolute atomic E-state index is 5.80. The molecule has 0 N–H and O–H groups in total. The van der Waals surface area contributed by atoms with Gasteiger partial charge in [0.15, 0.2) is 0 Å². The molecule has 0 aromatic carbocycles. The normalized spacial score (nSPS) is 12.9. The van der Waals surface area contributed by atoms with Gasteiger partial charge in [0, 0.05) is 6.61 Å². The Morgan fingerprint density at radius 1 is 0.750 bits per heavy atom. The average molecular weight is 228 g/mol. The molecule has 0 spiro atoms. The summed E-state index contributed by atoms with van der Waals surface area (Å²) in [5.41, 5.74) is 0. The molecule has 0 aromatic heterocycles. The lowest BCUT2D eigenvalue weighted by Gasteiger charge is -2.12. The van der Waals surface area contributed by atoms with Crippen molar-refractivity contribution in [2.24, 2.45) is 0 Å². The molecule has 0 aromatic rings. The summed E-state index contributed by atoms with van der Waals surface area (Å²) in [5.74, 6) is 0. The van der Waals surface area contributed by atoms with Crippen LogP contribution in [-0.2, 0) is 4.74 Å². The van der Waals surface area contributed by atoms with Gasteiger partial charge in [0.05, 0.1) is 6.10 Å². The molecule has 0 heterocycles. The van der Waals surface area contributed by atoms with Crippen molar-refractivity contribution in [3.63, 3.8) is 0 Å². The number of hydrogen-bond donors (Lipinski definition) is 0. The second-order valence-corrected chi connectivity index (χ2v) is 4.94. The summed E-state index contributed by atoms with van der Waals surface area (Å²) in [5, 5.41) is 0. The summed E-state index contributed by atoms with van der Waals surface area (Å²) in [4.78, 5) is 0. The number of rotatable bonds is 12. The summed E-state index contributed by atoms with van der Waals surface area (Å²) in [6, 6.07) is 0. The number of unbranched alkanes of at least 4 members (excludes halogenated alkanes) is 7. The standard InChI is InChI=1S/C15H32O/c1-4-6-8-10-12-14-16-15(3)13-11-9-7-5-2/h15H,4-14H2,1-3H3/t15-/m1/s1. The lowest BCUT2D eigenvalue weighted by atomic mass is 10.1. The smallest absolute Gasteiger partial charge is 0.0547 e. The van der Waals surface area contributed by atoms with Gasteiger partial charge in [0.1, 0.15) is 0 Å². The van der Waals surface area contributed by atoms with Gasteiger partial charge in [-0.1, -0.05) is 65.2 Å². The maximum Gasteiger partial charge on any atom is 0.0547 e. The quantitative estimate of drug-likeness (QED) is 0.410. The fraction of sp³-hybridized carbons (Fsp3) is 1.00. The van der Waals surface area contributed by atoms with Crippen molar-refractivity contribution in [1.29, 1.82) is 0 Å². The van der Waals surface area contributed by atoms with Crippen LogP contribution in [0.3, 0.4) is 0 Å². The van der Waals surface area contributed by atoms with Gasteiger partial charge in [0.25, 0.3) is 0 Å². The van der Waals surface area contributed by atoms with Crippen molar-refractivity contribution in [3.05, 3.63) is 0 Å². The first-order valence-corrected chi connectivity index (χ1v) is 7.42. The Morgan fingerprint density at radius 2 is 1.31 bits per heavy atom. The van der Waals surface area contributed by atoms with Crippen molar-refractivity contribution in [3.8, 4) is 0 Å². The van der Waals surface area contributed by atoms with Crippen LogP contribution in [0.2, 0.25) is 0 Å². The first-order valence-electron chi connectivity index (χ1n) is 7.42. The van der Waals surface area contributed by atoms with E-state index < -0.39 is 0 Å². The van der Waals surface area contributed by atoms with E-state index in [0.29, 0.717) is 6.10 Å². The SMILES string of the molecule is CCCCCCCO[C@H](C)CCCCCC. The Hall–Kier alpha value is -0.0400. The van der Waals surface area contributed by atoms with E-state index in [0.717, 1.165) is 6.61 Å². The Bertz CT molecular complexity index is 123. The van der Waals surface area contributed by atoms with E-state index in [1.54, 1.807) is 0 Å². The summed E-state index contributed by atoms with van der Waals surface area (Å²) in [7, 11) is 0. The average Bonchev–Trinajstić information content (AvgIpc) is 2.29. The third-order valence-electron chi connectivity index (χ3n) is 3.11. The minimum Gasteiger partial charge on any atom is -0.379 e. The first kappa shape index (κ1) is 16.0. The van der Waals surface area contributed by atoms with E-state index in [-0.39, 0.29) is 0 Å². The van der Waals surface area contributed by atoms with E-state index in [2.05, 4.69) is 20.8 Å². The molecule has 98 valence electrons. The minimum atomic E-state index is 0.475. The molecule has 0 radical (unpaired) electrons. The van der Waals surface area contributed by atoms with Crippen LogP contribution in [0.5, 0.6) is 0 Å². The fourth-order valence-corrected chi connectivity index (χ4v) is 1.93. The van der Waals surface area contributed by atoms with Crippen LogP contribution >= 0.6 is 0 Å². The molecule has 0 fully saturated rings. The monoisotopic (exact) mass is 228 g/mol. The zero-order valence-corrected chi connectivity index (χ0v) is 11.8. The molecular weight excluding hydrogens is 196 g/mol. The molecule has 1 nitrogen and oxygen atoms in total. The molecule has 0 amide bonds. The van der Waals surface area contributed by atoms with Gasteiger partial charge in [-0.25, -0.2) is 0 Å². The van der Waals surface area contributed by atoms with Crippen LogP contribution < -0.4 is 0 Å². The molecule has 0 saturated carbocycles. The summed E-state index contributed by atoms with van der Waals surface area (Å²) >= 11 is 0. The number of ether oxygens (including phenoxy) is 1. The van der Waals surface area contributed by atoms with E-state index in [4.69, 9.17) is 4.74 Å². The van der Waals surface area contributed by atoms with Crippen LogP contribution in [0.4, 0.5) is 0 Å². The highest BCUT2D eigenvalue weighted by Gasteiger charge is 2.01. The van der Waals surface area contributed by atoms with E-state index in [9.17, 15) is 0 Å². The third-order valence-corrected chi connectivity index (χ3v) is 3.11. The third kappa shape index (κ3) is 12.0. The zero-order chi connectivity index (χ0) is 12.1. The number of hydrogen-bond acceptors (Lipinski definition) is 1. The molecule has 1 atom stereocenters. The molecule has 16 heavy (non-hydrogen) atoms. The lowest BCUT2D eigenvalue weighted by Crippen LogP contribution is -2.09. The Balaban J connectivity index is 3.08. The zero-order valence-electron chi connectivity index (χ0n) is 11.8. The lowest BCUT2D eigenvalue weighted by molar-refractivity contribution is 0.0557. The highest BCUT2D eigenvalue weighted by molar-refractivity contribution is 4.52. The molecule has 0 aliphatic rings. The predicted molar refractivity (Wildman–Crippen MR) is 72.9 cm³/mol. The van der Waals surface area contributed by atoms with Gasteiger partial charge in [-0.15, -0.1) is 0 Å². The molecule has 0 rings (SSSR count). The van der Waals surface area contributed by atoms with Crippen LogP contribution in [0, 0.1) is 0 Å². The molecule has 1 heteroatoms. The van der Waals surface area contributed by atoms with Crippen LogP contribution in [0.25, 0.3) is 0 Å². The van der Waals surface area contributed by atoms with Crippen molar-refractivity contribution in [2.75, 3.05) is 6.61 Å². The van der Waals surface area contributed by atoms with E-state index in [1.807, 2.05) is 0 Å². The maximum atomic E-state index is 5.80. The van der Waals surface area contributed by atoms with E-state index >= 15 is 0 Å². The molecule has 0 unspecified atom stereocenters. The Morgan fingerprint density at radius 3 is 1.94 bits per heavy atom. The van der Waals surface area contributed by atoms with Gasteiger partial charge in [0.2, 0.25) is 0 Å². The Kier molecular flexibility index (Phi) is 13.0. The Labute approximate surface area is 103 Å². The summed E-state index contributed by atoms with van der Waals surface area (Å²) in [6.45, 7) is 7.71. The summed E-state index contributed by atoms with van der Waals surface area (Å²) in [6.07, 6.45) is 13.8. The predicted octanol–water partition coefficient (Wildman–Crippen LogP) is 5.33. The molecule has 0 aliphatic heterocycles. The molecule has 0 aliphatic carbocycles. The minimum absolute atomic E-state index is 0.475. The van der Waals surface area contributed by atoms with E-state index in [1.165, 1.54) is 64.2 Å².